The first-order valence-corrected chi connectivity index (χ1v) is 8.57. The van der Waals surface area contributed by atoms with Crippen molar-refractivity contribution in [1.82, 2.24) is 10.6 Å². The smallest absolute Gasteiger partial charge is 0.315 e. The van der Waals surface area contributed by atoms with Crippen molar-refractivity contribution in [2.45, 2.75) is 38.8 Å². The van der Waals surface area contributed by atoms with Gasteiger partial charge in [0, 0.05) is 12.3 Å². The van der Waals surface area contributed by atoms with Crippen LogP contribution in [0.25, 0.3) is 0 Å². The number of amides is 2. The molecule has 0 bridgehead atoms. The molecule has 122 valence electrons. The van der Waals surface area contributed by atoms with Crippen LogP contribution in [0, 0.1) is 19.7 Å². The van der Waals surface area contributed by atoms with Gasteiger partial charge in [0.1, 0.15) is 5.82 Å². The highest BCUT2D eigenvalue weighted by molar-refractivity contribution is 7.99. The molecule has 0 spiro atoms. The average molecular weight is 326 g/mol. The second-order valence-electron chi connectivity index (χ2n) is 6.04. The zero-order chi connectivity index (χ0) is 16.3. The fourth-order valence-corrected chi connectivity index (χ4v) is 3.84. The van der Waals surface area contributed by atoms with Crippen LogP contribution in [-0.2, 0) is 0 Å². The monoisotopic (exact) mass is 326 g/mol. The van der Waals surface area contributed by atoms with Gasteiger partial charge < -0.3 is 15.7 Å². The van der Waals surface area contributed by atoms with Crippen LogP contribution in [0.2, 0.25) is 0 Å². The van der Waals surface area contributed by atoms with Crippen LogP contribution in [0.1, 0.15) is 36.1 Å². The minimum atomic E-state index is -0.797. The van der Waals surface area contributed by atoms with Crippen LogP contribution < -0.4 is 10.6 Å². The van der Waals surface area contributed by atoms with E-state index in [9.17, 15) is 14.3 Å². The zero-order valence-corrected chi connectivity index (χ0v) is 14.0. The lowest BCUT2D eigenvalue weighted by atomic mass is 10.0. The van der Waals surface area contributed by atoms with Gasteiger partial charge in [-0.15, -0.1) is 0 Å². The van der Waals surface area contributed by atoms with E-state index in [0.29, 0.717) is 23.3 Å². The summed E-state index contributed by atoms with van der Waals surface area (Å²) in [4.78, 5) is 11.9. The minimum absolute atomic E-state index is 0.207. The molecule has 1 aromatic rings. The molecule has 0 radical (unpaired) electrons. The van der Waals surface area contributed by atoms with Gasteiger partial charge >= 0.3 is 6.03 Å². The maximum atomic E-state index is 13.6. The number of urea groups is 1. The Morgan fingerprint density at radius 3 is 2.64 bits per heavy atom. The largest absolute Gasteiger partial charge is 0.387 e. The Balaban J connectivity index is 1.91. The molecule has 22 heavy (non-hydrogen) atoms. The van der Waals surface area contributed by atoms with E-state index >= 15 is 0 Å². The van der Waals surface area contributed by atoms with Gasteiger partial charge in [-0.25, -0.2) is 9.18 Å². The third-order valence-electron chi connectivity index (χ3n) is 3.97. The Kier molecular flexibility index (Phi) is 5.34. The Hall–Kier alpha value is -1.27. The molecule has 1 fully saturated rings. The molecule has 3 N–H and O–H groups in total. The van der Waals surface area contributed by atoms with E-state index in [0.717, 1.165) is 11.3 Å². The molecule has 2 rings (SSSR count). The van der Waals surface area contributed by atoms with Crippen molar-refractivity contribution in [1.29, 1.82) is 0 Å². The van der Waals surface area contributed by atoms with Crippen molar-refractivity contribution < 1.29 is 14.3 Å². The van der Waals surface area contributed by atoms with Crippen molar-refractivity contribution in [3.63, 3.8) is 0 Å². The van der Waals surface area contributed by atoms with Crippen LogP contribution in [0.3, 0.4) is 0 Å². The molecule has 1 heterocycles. The number of aryl methyl sites for hydroxylation is 2. The lowest BCUT2D eigenvalue weighted by molar-refractivity contribution is 0.0699. The van der Waals surface area contributed by atoms with Crippen LogP contribution in [0.5, 0.6) is 0 Å². The summed E-state index contributed by atoms with van der Waals surface area (Å²) in [6.45, 7) is 5.53. The summed E-state index contributed by atoms with van der Waals surface area (Å²) >= 11 is 1.69. The Labute approximate surface area is 134 Å². The van der Waals surface area contributed by atoms with Crippen LogP contribution >= 0.6 is 11.8 Å². The number of carbonyl (C=O) groups is 1. The van der Waals surface area contributed by atoms with Crippen LogP contribution in [0.15, 0.2) is 12.1 Å². The highest BCUT2D eigenvalue weighted by atomic mass is 32.2. The average Bonchev–Trinajstić information content (AvgIpc) is 2.89. The van der Waals surface area contributed by atoms with Crippen molar-refractivity contribution in [3.8, 4) is 0 Å². The summed E-state index contributed by atoms with van der Waals surface area (Å²) in [7, 11) is 0. The second-order valence-corrected chi connectivity index (χ2v) is 7.15. The van der Waals surface area contributed by atoms with Gasteiger partial charge in [0.25, 0.3) is 0 Å². The van der Waals surface area contributed by atoms with E-state index in [1.807, 2.05) is 6.92 Å². The first-order chi connectivity index (χ1) is 10.3. The summed E-state index contributed by atoms with van der Waals surface area (Å²) in [5.41, 5.74) is 1.21. The SMILES string of the molecule is Cc1cc(C(C)NC(=O)NCC2(O)CCSC2)cc(C)c1F. The summed E-state index contributed by atoms with van der Waals surface area (Å²) in [6, 6.07) is 2.94. The molecule has 1 aromatic carbocycles. The molecule has 0 aliphatic carbocycles. The number of rotatable bonds is 4. The quantitative estimate of drug-likeness (QED) is 0.797. The molecule has 1 aliphatic rings. The molecule has 2 unspecified atom stereocenters. The third kappa shape index (κ3) is 4.14. The lowest BCUT2D eigenvalue weighted by Gasteiger charge is -2.23. The molecule has 2 atom stereocenters. The molecule has 0 saturated carbocycles. The van der Waals surface area contributed by atoms with Crippen molar-refractivity contribution in [3.05, 3.63) is 34.6 Å². The van der Waals surface area contributed by atoms with Crippen molar-refractivity contribution in [2.24, 2.45) is 0 Å². The molecule has 6 heteroatoms. The summed E-state index contributed by atoms with van der Waals surface area (Å²) in [5, 5.41) is 15.7. The van der Waals surface area contributed by atoms with Crippen LogP contribution in [0.4, 0.5) is 9.18 Å². The van der Waals surface area contributed by atoms with Crippen molar-refractivity contribution >= 4 is 17.8 Å². The lowest BCUT2D eigenvalue weighted by Crippen LogP contribution is -2.46. The van der Waals surface area contributed by atoms with Gasteiger partial charge in [0.05, 0.1) is 11.6 Å². The van der Waals surface area contributed by atoms with E-state index < -0.39 is 5.60 Å². The Morgan fingerprint density at radius 2 is 2.09 bits per heavy atom. The van der Waals surface area contributed by atoms with Gasteiger partial charge in [0.2, 0.25) is 0 Å². The summed E-state index contributed by atoms with van der Waals surface area (Å²) < 4.78 is 13.6. The fourth-order valence-electron chi connectivity index (χ4n) is 2.54. The maximum absolute atomic E-state index is 13.6. The molecule has 0 aromatic heterocycles. The van der Waals surface area contributed by atoms with Crippen LogP contribution in [-0.4, -0.2) is 34.8 Å². The first kappa shape index (κ1) is 17.1. The molecule has 1 aliphatic heterocycles. The predicted molar refractivity (Wildman–Crippen MR) is 87.7 cm³/mol. The number of carbonyl (C=O) groups excluding carboxylic acids is 1. The predicted octanol–water partition coefficient (Wildman–Crippen LogP) is 2.67. The summed E-state index contributed by atoms with van der Waals surface area (Å²) in [5.74, 6) is 1.37. The zero-order valence-electron chi connectivity index (χ0n) is 13.2. The van der Waals surface area contributed by atoms with Gasteiger partial charge in [-0.3, -0.25) is 0 Å². The van der Waals surface area contributed by atoms with Crippen molar-refractivity contribution in [2.75, 3.05) is 18.1 Å². The molecular weight excluding hydrogens is 303 g/mol. The number of nitrogens with one attached hydrogen (secondary N) is 2. The molecule has 1 saturated heterocycles. The minimum Gasteiger partial charge on any atom is -0.387 e. The first-order valence-electron chi connectivity index (χ1n) is 7.42. The number of thioether (sulfide) groups is 1. The maximum Gasteiger partial charge on any atom is 0.315 e. The van der Waals surface area contributed by atoms with E-state index in [1.165, 1.54) is 0 Å². The molecule has 4 nitrogen and oxygen atoms in total. The Morgan fingerprint density at radius 1 is 1.45 bits per heavy atom. The third-order valence-corrected chi connectivity index (χ3v) is 5.20. The van der Waals surface area contributed by atoms with Gasteiger partial charge in [-0.05, 0) is 49.6 Å². The normalized spacial score (nSPS) is 22.4. The topological polar surface area (TPSA) is 61.4 Å². The highest BCUT2D eigenvalue weighted by Crippen LogP contribution is 2.27. The summed E-state index contributed by atoms with van der Waals surface area (Å²) in [6.07, 6.45) is 0.698. The standard InChI is InChI=1S/C16H23FN2O2S/c1-10-6-13(7-11(2)14(10)17)12(3)19-15(20)18-8-16(21)4-5-22-9-16/h6-7,12,21H,4-5,8-9H2,1-3H3,(H2,18,19,20). The van der Waals surface area contributed by atoms with E-state index in [2.05, 4.69) is 10.6 Å². The fraction of sp³-hybridized carbons (Fsp3) is 0.562. The number of hydrogen-bond acceptors (Lipinski definition) is 3. The molecular formula is C16H23FN2O2S. The number of aliphatic hydroxyl groups is 1. The van der Waals surface area contributed by atoms with E-state index in [4.69, 9.17) is 0 Å². The number of halogens is 1. The number of benzene rings is 1. The highest BCUT2D eigenvalue weighted by Gasteiger charge is 2.32. The van der Waals surface area contributed by atoms with Gasteiger partial charge in [-0.1, -0.05) is 12.1 Å². The van der Waals surface area contributed by atoms with Gasteiger partial charge in [-0.2, -0.15) is 11.8 Å². The van der Waals surface area contributed by atoms with Gasteiger partial charge in [0.15, 0.2) is 0 Å². The second kappa shape index (κ2) is 6.87. The number of hydrogen-bond donors (Lipinski definition) is 3. The molecule has 2 amide bonds. The van der Waals surface area contributed by atoms with E-state index in [-0.39, 0.29) is 24.4 Å². The Bertz CT molecular complexity index is 536. The van der Waals surface area contributed by atoms with E-state index in [1.54, 1.807) is 37.7 Å².